The Bertz CT molecular complexity index is 796. The van der Waals surface area contributed by atoms with Gasteiger partial charge in [0.2, 0.25) is 5.91 Å². The first-order valence-corrected chi connectivity index (χ1v) is 10.0. The van der Waals surface area contributed by atoms with Crippen LogP contribution in [0.5, 0.6) is 0 Å². The first kappa shape index (κ1) is 22.8. The maximum atomic E-state index is 12.5. The van der Waals surface area contributed by atoms with E-state index < -0.39 is 58.4 Å². The number of nitrogens with one attached hydrogen (secondary N) is 1. The Morgan fingerprint density at radius 1 is 1.28 bits per heavy atom. The monoisotopic (exact) mass is 437 g/mol. The van der Waals surface area contributed by atoms with Crippen molar-refractivity contribution in [1.29, 1.82) is 0 Å². The quantitative estimate of drug-likeness (QED) is 0.344. The summed E-state index contributed by atoms with van der Waals surface area (Å²) < 4.78 is 38.0. The molecule has 2 rings (SSSR count). The number of hydroxylamine groups is 2. The van der Waals surface area contributed by atoms with E-state index in [4.69, 9.17) is 9.39 Å². The molecule has 0 radical (unpaired) electrons. The normalized spacial score (nSPS) is 21.8. The van der Waals surface area contributed by atoms with Gasteiger partial charge in [-0.05, 0) is 26.7 Å². The molecule has 0 aromatic rings. The number of carboxylic acid groups (broad SMARTS) is 1. The fraction of sp³-hybridized carbons (Fsp3) is 0.733. The number of amides is 3. The van der Waals surface area contributed by atoms with E-state index in [0.29, 0.717) is 5.06 Å². The predicted octanol–water partition coefficient (Wildman–Crippen LogP) is -0.804. The molecule has 164 valence electrons. The van der Waals surface area contributed by atoms with Crippen LogP contribution in [-0.2, 0) is 38.0 Å². The molecular formula is C15H23N3O10S. The van der Waals surface area contributed by atoms with Gasteiger partial charge in [-0.15, -0.1) is 4.28 Å². The molecule has 13 nitrogen and oxygen atoms in total. The number of fused-ring (bicyclic) bond motifs is 2. The summed E-state index contributed by atoms with van der Waals surface area (Å²) in [6.45, 7) is 2.73. The second-order valence-corrected chi connectivity index (χ2v) is 8.46. The van der Waals surface area contributed by atoms with Crippen LogP contribution in [0.25, 0.3) is 0 Å². The Kier molecular flexibility index (Phi) is 6.70. The molecule has 2 fully saturated rings. The van der Waals surface area contributed by atoms with E-state index >= 15 is 0 Å². The highest BCUT2D eigenvalue weighted by Crippen LogP contribution is 2.31. The molecule has 3 amide bonds. The van der Waals surface area contributed by atoms with Crippen molar-refractivity contribution in [3.63, 3.8) is 0 Å². The molecule has 0 aromatic carbocycles. The van der Waals surface area contributed by atoms with Crippen LogP contribution in [0.2, 0.25) is 0 Å². The van der Waals surface area contributed by atoms with Gasteiger partial charge < -0.3 is 20.1 Å². The van der Waals surface area contributed by atoms with Crippen LogP contribution in [0.1, 0.15) is 33.6 Å². The zero-order chi connectivity index (χ0) is 22.0. The SMILES string of the molecule is CC(=O)OCNC(=O)[C@@H]1CC[C@@H]2CN1C(=O)N2OS(=O)(=O)OCC(C)(C)C(=O)O. The molecule has 2 aliphatic heterocycles. The van der Waals surface area contributed by atoms with E-state index in [0.717, 1.165) is 4.90 Å². The number of nitrogens with zero attached hydrogens (tertiary/aromatic N) is 2. The lowest BCUT2D eigenvalue weighted by molar-refractivity contribution is -0.149. The third-order valence-electron chi connectivity index (χ3n) is 4.46. The first-order valence-electron chi connectivity index (χ1n) is 8.67. The van der Waals surface area contributed by atoms with Gasteiger partial charge in [-0.1, -0.05) is 0 Å². The van der Waals surface area contributed by atoms with Crippen molar-refractivity contribution in [2.45, 2.75) is 45.7 Å². The van der Waals surface area contributed by atoms with E-state index in [1.54, 1.807) is 0 Å². The number of esters is 1. The largest absolute Gasteiger partial charge is 0.481 e. The van der Waals surface area contributed by atoms with Crippen molar-refractivity contribution in [1.82, 2.24) is 15.3 Å². The maximum Gasteiger partial charge on any atom is 0.421 e. The van der Waals surface area contributed by atoms with E-state index in [1.807, 2.05) is 0 Å². The van der Waals surface area contributed by atoms with Gasteiger partial charge in [-0.2, -0.15) is 13.5 Å². The van der Waals surface area contributed by atoms with Crippen molar-refractivity contribution in [3.8, 4) is 0 Å². The topological polar surface area (TPSA) is 169 Å². The standard InChI is InChI=1S/C15H23N3O10S/c1-9(19)26-8-16-12(20)11-5-4-10-6-17(11)14(23)18(10)28-29(24,25)27-7-15(2,3)13(21)22/h10-11H,4-8H2,1-3H3,(H,16,20)(H,21,22)/t10-,11+/m1/s1. The third-order valence-corrected chi connectivity index (χ3v) is 5.21. The number of rotatable bonds is 9. The van der Waals surface area contributed by atoms with Gasteiger partial charge in [0.15, 0.2) is 6.73 Å². The molecule has 0 saturated carbocycles. The van der Waals surface area contributed by atoms with Gasteiger partial charge >= 0.3 is 28.4 Å². The highest BCUT2D eigenvalue weighted by Gasteiger charge is 2.49. The van der Waals surface area contributed by atoms with Crippen LogP contribution < -0.4 is 5.32 Å². The smallest absolute Gasteiger partial charge is 0.421 e. The minimum Gasteiger partial charge on any atom is -0.481 e. The van der Waals surface area contributed by atoms with Gasteiger partial charge in [0.05, 0.1) is 18.1 Å². The summed E-state index contributed by atoms with van der Waals surface area (Å²) in [5.74, 6) is -2.40. The van der Waals surface area contributed by atoms with Crippen LogP contribution in [-0.4, -0.2) is 79.3 Å². The molecule has 2 saturated heterocycles. The molecule has 0 aliphatic carbocycles. The zero-order valence-corrected chi connectivity index (χ0v) is 16.9. The summed E-state index contributed by atoms with van der Waals surface area (Å²) in [6, 6.07) is -2.34. The van der Waals surface area contributed by atoms with Crippen molar-refractivity contribution < 1.29 is 45.9 Å². The van der Waals surface area contributed by atoms with Gasteiger partial charge in [-0.25, -0.2) is 8.98 Å². The van der Waals surface area contributed by atoms with E-state index in [-0.39, 0.29) is 26.1 Å². The summed E-state index contributed by atoms with van der Waals surface area (Å²) in [5.41, 5.74) is -1.49. The lowest BCUT2D eigenvalue weighted by atomic mass is 9.96. The Morgan fingerprint density at radius 3 is 2.52 bits per heavy atom. The Morgan fingerprint density at radius 2 is 1.93 bits per heavy atom. The number of hydrogen-bond donors (Lipinski definition) is 2. The lowest BCUT2D eigenvalue weighted by Gasteiger charge is -2.29. The molecule has 2 aliphatic rings. The van der Waals surface area contributed by atoms with Gasteiger partial charge in [0.25, 0.3) is 0 Å². The summed E-state index contributed by atoms with van der Waals surface area (Å²) in [5, 5.41) is 12.0. The summed E-state index contributed by atoms with van der Waals surface area (Å²) in [6.07, 6.45) is 0.527. The predicted molar refractivity (Wildman–Crippen MR) is 92.9 cm³/mol. The number of piperidine rings is 1. The minimum absolute atomic E-state index is 0.0562. The lowest BCUT2D eigenvalue weighted by Crippen LogP contribution is -2.50. The Hall–Kier alpha value is -2.45. The van der Waals surface area contributed by atoms with E-state index in [1.165, 1.54) is 20.8 Å². The summed E-state index contributed by atoms with van der Waals surface area (Å²) in [4.78, 5) is 47.7. The molecule has 2 N–H and O–H groups in total. The van der Waals surface area contributed by atoms with Crippen LogP contribution in [0, 0.1) is 5.41 Å². The second kappa shape index (κ2) is 8.51. The highest BCUT2D eigenvalue weighted by atomic mass is 32.3. The molecule has 0 spiro atoms. The third kappa shape index (κ3) is 5.55. The Labute approximate surface area is 167 Å². The number of carboxylic acids is 1. The molecule has 2 heterocycles. The molecule has 2 bridgehead atoms. The van der Waals surface area contributed by atoms with Gasteiger partial charge in [0, 0.05) is 13.5 Å². The highest BCUT2D eigenvalue weighted by molar-refractivity contribution is 7.81. The number of urea groups is 1. The average molecular weight is 437 g/mol. The maximum absolute atomic E-state index is 12.5. The fourth-order valence-corrected chi connectivity index (χ4v) is 3.59. The van der Waals surface area contributed by atoms with Crippen molar-refractivity contribution in [2.24, 2.45) is 5.41 Å². The van der Waals surface area contributed by atoms with Gasteiger partial charge in [-0.3, -0.25) is 14.4 Å². The summed E-state index contributed by atoms with van der Waals surface area (Å²) in [7, 11) is -4.71. The zero-order valence-electron chi connectivity index (χ0n) is 16.1. The van der Waals surface area contributed by atoms with Crippen LogP contribution in [0.4, 0.5) is 4.79 Å². The van der Waals surface area contributed by atoms with E-state index in [2.05, 4.69) is 14.2 Å². The van der Waals surface area contributed by atoms with Crippen LogP contribution in [0.15, 0.2) is 0 Å². The molecular weight excluding hydrogens is 414 g/mol. The van der Waals surface area contributed by atoms with Crippen molar-refractivity contribution >= 4 is 34.3 Å². The molecule has 0 unspecified atom stereocenters. The molecule has 0 aromatic heterocycles. The van der Waals surface area contributed by atoms with Gasteiger partial charge in [0.1, 0.15) is 6.04 Å². The first-order chi connectivity index (χ1) is 13.3. The molecule has 29 heavy (non-hydrogen) atoms. The number of carbonyl (C=O) groups excluding carboxylic acids is 3. The minimum atomic E-state index is -4.71. The number of carbonyl (C=O) groups is 4. The number of ether oxygens (including phenoxy) is 1. The summed E-state index contributed by atoms with van der Waals surface area (Å²) >= 11 is 0. The average Bonchev–Trinajstić information content (AvgIpc) is 2.84. The van der Waals surface area contributed by atoms with Crippen LogP contribution in [0.3, 0.4) is 0 Å². The number of hydrogen-bond acceptors (Lipinski definition) is 9. The fourth-order valence-electron chi connectivity index (χ4n) is 2.73. The molecule has 2 atom stereocenters. The number of aliphatic carboxylic acids is 1. The molecule has 14 heteroatoms. The Balaban J connectivity index is 1.98. The van der Waals surface area contributed by atoms with Crippen molar-refractivity contribution in [2.75, 3.05) is 19.9 Å². The van der Waals surface area contributed by atoms with E-state index in [9.17, 15) is 27.6 Å². The van der Waals surface area contributed by atoms with Crippen LogP contribution >= 0.6 is 0 Å². The second-order valence-electron chi connectivity index (χ2n) is 7.26. The van der Waals surface area contributed by atoms with Crippen molar-refractivity contribution in [3.05, 3.63) is 0 Å².